The molecule has 2 aromatic rings. The number of rotatable bonds is 3. The molecule has 1 aromatic heterocycles. The van der Waals surface area contributed by atoms with E-state index < -0.39 is 0 Å². The minimum atomic E-state index is -0.204. The van der Waals surface area contributed by atoms with Crippen LogP contribution in [-0.2, 0) is 11.3 Å². The van der Waals surface area contributed by atoms with Gasteiger partial charge in [0, 0.05) is 18.3 Å². The number of fused-ring (bicyclic) bond motifs is 1. The Balaban J connectivity index is 1.53. The van der Waals surface area contributed by atoms with Crippen LogP contribution in [0.25, 0.3) is 0 Å². The summed E-state index contributed by atoms with van der Waals surface area (Å²) >= 11 is 0. The molecule has 1 fully saturated rings. The maximum atomic E-state index is 13.0. The van der Waals surface area contributed by atoms with Crippen molar-refractivity contribution >= 4 is 17.5 Å². The highest BCUT2D eigenvalue weighted by Gasteiger charge is 2.30. The van der Waals surface area contributed by atoms with Crippen molar-refractivity contribution in [2.45, 2.75) is 32.4 Å². The first kappa shape index (κ1) is 15.7. The second-order valence-corrected chi connectivity index (χ2v) is 6.58. The van der Waals surface area contributed by atoms with Gasteiger partial charge in [0.15, 0.2) is 6.61 Å². The number of benzene rings is 1. The maximum absolute atomic E-state index is 13.0. The molecule has 0 radical (unpaired) electrons. The van der Waals surface area contributed by atoms with Crippen molar-refractivity contribution in [2.75, 3.05) is 18.5 Å². The third-order valence-electron chi connectivity index (χ3n) is 4.66. The van der Waals surface area contributed by atoms with Crippen molar-refractivity contribution in [3.8, 4) is 5.75 Å². The predicted molar refractivity (Wildman–Crippen MR) is 91.6 cm³/mol. The van der Waals surface area contributed by atoms with E-state index in [1.165, 1.54) is 0 Å². The fourth-order valence-electron chi connectivity index (χ4n) is 3.46. The van der Waals surface area contributed by atoms with Gasteiger partial charge in [0.25, 0.3) is 11.8 Å². The molecule has 2 aliphatic rings. The van der Waals surface area contributed by atoms with E-state index in [9.17, 15) is 9.59 Å². The highest BCUT2D eigenvalue weighted by Crippen LogP contribution is 2.30. The van der Waals surface area contributed by atoms with Gasteiger partial charge < -0.3 is 15.0 Å². The second-order valence-electron chi connectivity index (χ2n) is 6.58. The van der Waals surface area contributed by atoms with Crippen LogP contribution in [-0.4, -0.2) is 45.7 Å². The Morgan fingerprint density at radius 1 is 1.44 bits per heavy atom. The molecular formula is C18H20N4O3. The highest BCUT2D eigenvalue weighted by atomic mass is 16.5. The van der Waals surface area contributed by atoms with Crippen LogP contribution in [0.3, 0.4) is 0 Å². The molecule has 2 amide bonds. The Morgan fingerprint density at radius 2 is 2.32 bits per heavy atom. The molecule has 130 valence electrons. The number of aryl methyl sites for hydroxylation is 1. The standard InChI is InChI=1S/C18H20N4O3/c1-12-8-19-21(9-12)10-14-3-2-6-22(14)18(24)13-4-5-16-15(7-13)20-17(23)11-25-16/h4-5,7-9,14H,2-3,6,10-11H2,1H3,(H,20,23)/t14-/m1/s1. The SMILES string of the molecule is Cc1cnn(C[C@H]2CCCN2C(=O)c2ccc3c(c2)NC(=O)CO3)c1. The van der Waals surface area contributed by atoms with Gasteiger partial charge in [0.2, 0.25) is 0 Å². The van der Waals surface area contributed by atoms with Crippen LogP contribution in [0.2, 0.25) is 0 Å². The Bertz CT molecular complexity index is 829. The number of carbonyl (C=O) groups is 2. The summed E-state index contributed by atoms with van der Waals surface area (Å²) in [6.45, 7) is 3.45. The van der Waals surface area contributed by atoms with E-state index in [4.69, 9.17) is 4.74 Å². The number of ether oxygens (including phenoxy) is 1. The monoisotopic (exact) mass is 340 g/mol. The molecule has 1 N–H and O–H groups in total. The van der Waals surface area contributed by atoms with Gasteiger partial charge in [0.1, 0.15) is 5.75 Å². The molecule has 25 heavy (non-hydrogen) atoms. The molecule has 0 spiro atoms. The van der Waals surface area contributed by atoms with Crippen molar-refractivity contribution in [1.82, 2.24) is 14.7 Å². The Labute approximate surface area is 145 Å². The number of anilines is 1. The number of aromatic nitrogens is 2. The molecule has 0 saturated carbocycles. The van der Waals surface area contributed by atoms with Crippen LogP contribution in [0.15, 0.2) is 30.6 Å². The van der Waals surface area contributed by atoms with Gasteiger partial charge in [-0.05, 0) is 43.5 Å². The second kappa shape index (κ2) is 6.23. The molecule has 1 saturated heterocycles. The predicted octanol–water partition coefficient (Wildman–Crippen LogP) is 1.83. The van der Waals surface area contributed by atoms with Gasteiger partial charge in [-0.15, -0.1) is 0 Å². The van der Waals surface area contributed by atoms with Gasteiger partial charge in [-0.25, -0.2) is 0 Å². The quantitative estimate of drug-likeness (QED) is 0.925. The lowest BCUT2D eigenvalue weighted by atomic mass is 10.1. The van der Waals surface area contributed by atoms with Crippen molar-refractivity contribution < 1.29 is 14.3 Å². The molecule has 7 nitrogen and oxygen atoms in total. The summed E-state index contributed by atoms with van der Waals surface area (Å²) in [5.74, 6) is 0.375. The molecule has 0 unspecified atom stereocenters. The van der Waals surface area contributed by atoms with E-state index in [1.807, 2.05) is 28.9 Å². The van der Waals surface area contributed by atoms with Crippen LogP contribution in [0.5, 0.6) is 5.75 Å². The summed E-state index contributed by atoms with van der Waals surface area (Å²) in [5.41, 5.74) is 2.23. The molecule has 1 aromatic carbocycles. The average Bonchev–Trinajstić information content (AvgIpc) is 3.23. The lowest BCUT2D eigenvalue weighted by Gasteiger charge is -2.25. The summed E-state index contributed by atoms with van der Waals surface area (Å²) in [7, 11) is 0. The number of amides is 2. The normalized spacial score (nSPS) is 19.3. The van der Waals surface area contributed by atoms with Crippen LogP contribution >= 0.6 is 0 Å². The zero-order valence-electron chi connectivity index (χ0n) is 14.1. The average molecular weight is 340 g/mol. The van der Waals surface area contributed by atoms with Gasteiger partial charge >= 0.3 is 0 Å². The zero-order valence-corrected chi connectivity index (χ0v) is 14.1. The lowest BCUT2D eigenvalue weighted by molar-refractivity contribution is -0.118. The van der Waals surface area contributed by atoms with E-state index in [1.54, 1.807) is 18.2 Å². The largest absolute Gasteiger partial charge is 0.482 e. The van der Waals surface area contributed by atoms with Gasteiger partial charge in [0.05, 0.1) is 24.5 Å². The van der Waals surface area contributed by atoms with Crippen molar-refractivity contribution in [3.05, 3.63) is 41.7 Å². The summed E-state index contributed by atoms with van der Waals surface area (Å²) in [5, 5.41) is 7.08. The minimum Gasteiger partial charge on any atom is -0.482 e. The molecule has 7 heteroatoms. The molecule has 3 heterocycles. The number of nitrogens with zero attached hydrogens (tertiary/aromatic N) is 3. The Hall–Kier alpha value is -2.83. The number of hydrogen-bond acceptors (Lipinski definition) is 4. The van der Waals surface area contributed by atoms with E-state index in [0.29, 0.717) is 23.5 Å². The smallest absolute Gasteiger partial charge is 0.262 e. The Morgan fingerprint density at radius 3 is 3.12 bits per heavy atom. The first-order valence-corrected chi connectivity index (χ1v) is 8.47. The summed E-state index contributed by atoms with van der Waals surface area (Å²) < 4.78 is 7.25. The van der Waals surface area contributed by atoms with Crippen LogP contribution in [0.4, 0.5) is 5.69 Å². The fraction of sp³-hybridized carbons (Fsp3) is 0.389. The van der Waals surface area contributed by atoms with Crippen molar-refractivity contribution in [3.63, 3.8) is 0 Å². The maximum Gasteiger partial charge on any atom is 0.262 e. The first-order chi connectivity index (χ1) is 12.1. The minimum absolute atomic E-state index is 0.0117. The van der Waals surface area contributed by atoms with E-state index >= 15 is 0 Å². The van der Waals surface area contributed by atoms with Crippen LogP contribution in [0.1, 0.15) is 28.8 Å². The molecular weight excluding hydrogens is 320 g/mol. The summed E-state index contributed by atoms with van der Waals surface area (Å²) in [6, 6.07) is 5.33. The highest BCUT2D eigenvalue weighted by molar-refractivity contribution is 6.00. The molecule has 4 rings (SSSR count). The van der Waals surface area contributed by atoms with Gasteiger partial charge in [-0.3, -0.25) is 14.3 Å². The van der Waals surface area contributed by atoms with Crippen LogP contribution < -0.4 is 10.1 Å². The van der Waals surface area contributed by atoms with Crippen LogP contribution in [0, 0.1) is 6.92 Å². The third-order valence-corrected chi connectivity index (χ3v) is 4.66. The molecule has 0 bridgehead atoms. The van der Waals surface area contributed by atoms with E-state index in [0.717, 1.165) is 24.9 Å². The Kier molecular flexibility index (Phi) is 3.91. The van der Waals surface area contributed by atoms with Gasteiger partial charge in [-0.1, -0.05) is 0 Å². The topological polar surface area (TPSA) is 76.5 Å². The third kappa shape index (κ3) is 3.09. The molecule has 1 atom stereocenters. The van der Waals surface area contributed by atoms with Crippen molar-refractivity contribution in [1.29, 1.82) is 0 Å². The molecule has 0 aliphatic carbocycles. The zero-order chi connectivity index (χ0) is 17.4. The number of hydrogen-bond donors (Lipinski definition) is 1. The lowest BCUT2D eigenvalue weighted by Crippen LogP contribution is -2.38. The van der Waals surface area contributed by atoms with E-state index in [2.05, 4.69) is 10.4 Å². The first-order valence-electron chi connectivity index (χ1n) is 8.47. The van der Waals surface area contributed by atoms with Crippen molar-refractivity contribution in [2.24, 2.45) is 0 Å². The summed E-state index contributed by atoms with van der Waals surface area (Å²) in [4.78, 5) is 26.3. The number of carbonyl (C=O) groups excluding carboxylic acids is 2. The van der Waals surface area contributed by atoms with Gasteiger partial charge in [-0.2, -0.15) is 5.10 Å². The molecule has 2 aliphatic heterocycles. The summed E-state index contributed by atoms with van der Waals surface area (Å²) in [6.07, 6.45) is 5.77. The number of nitrogens with one attached hydrogen (secondary N) is 1. The number of likely N-dealkylation sites (tertiary alicyclic amines) is 1. The van der Waals surface area contributed by atoms with E-state index in [-0.39, 0.29) is 24.5 Å². The fourth-order valence-corrected chi connectivity index (χ4v) is 3.46.